The fourth-order valence-electron chi connectivity index (χ4n) is 3.06. The quantitative estimate of drug-likeness (QED) is 0.651. The van der Waals surface area contributed by atoms with Crippen LogP contribution in [-0.2, 0) is 0 Å². The number of hydrogen-bond donors (Lipinski definition) is 2. The van der Waals surface area contributed by atoms with E-state index < -0.39 is 0 Å². The van der Waals surface area contributed by atoms with Crippen LogP contribution in [0.1, 0.15) is 35.0 Å². The lowest BCUT2D eigenvalue weighted by molar-refractivity contribution is 0.174. The molecule has 1 aliphatic heterocycles. The number of fused-ring (bicyclic) bond motifs is 1. The first-order valence-corrected chi connectivity index (χ1v) is 9.73. The topological polar surface area (TPSA) is 59.6 Å². The summed E-state index contributed by atoms with van der Waals surface area (Å²) in [5, 5.41) is 7.88. The molecule has 28 heavy (non-hydrogen) atoms. The lowest BCUT2D eigenvalue weighted by Crippen LogP contribution is -2.39. The van der Waals surface area contributed by atoms with Gasteiger partial charge in [-0.05, 0) is 53.8 Å². The minimum atomic E-state index is -0.357. The number of hydrogen-bond acceptors (Lipinski definition) is 4. The number of benzene rings is 2. The Kier molecular flexibility index (Phi) is 5.16. The van der Waals surface area contributed by atoms with E-state index in [4.69, 9.17) is 9.47 Å². The highest BCUT2D eigenvalue weighted by molar-refractivity contribution is 7.10. The van der Waals surface area contributed by atoms with Gasteiger partial charge in [0, 0.05) is 4.88 Å². The zero-order valence-corrected chi connectivity index (χ0v) is 16.0. The molecule has 0 fully saturated rings. The van der Waals surface area contributed by atoms with Crippen LogP contribution >= 0.6 is 11.3 Å². The molecule has 0 spiro atoms. The molecule has 0 bridgehead atoms. The summed E-state index contributed by atoms with van der Waals surface area (Å²) < 4.78 is 24.0. The van der Waals surface area contributed by atoms with Crippen molar-refractivity contribution < 1.29 is 18.7 Å². The van der Waals surface area contributed by atoms with Crippen molar-refractivity contribution in [3.63, 3.8) is 0 Å². The molecule has 3 aromatic rings. The molecule has 2 heterocycles. The fourth-order valence-corrected chi connectivity index (χ4v) is 3.87. The predicted octanol–water partition coefficient (Wildman–Crippen LogP) is 4.77. The van der Waals surface area contributed by atoms with Crippen molar-refractivity contribution in [1.29, 1.82) is 0 Å². The summed E-state index contributed by atoms with van der Waals surface area (Å²) in [6.07, 6.45) is 0. The molecule has 2 N–H and O–H groups in total. The Labute approximate surface area is 166 Å². The average molecular weight is 398 g/mol. The maximum absolute atomic E-state index is 13.3. The van der Waals surface area contributed by atoms with E-state index in [2.05, 4.69) is 10.6 Å². The number of halogens is 1. The number of ether oxygens (including phenoxy) is 2. The predicted molar refractivity (Wildman–Crippen MR) is 105 cm³/mol. The molecule has 1 aromatic heterocycles. The summed E-state index contributed by atoms with van der Waals surface area (Å²) in [5.74, 6) is 1.07. The minimum absolute atomic E-state index is 0.210. The summed E-state index contributed by atoms with van der Waals surface area (Å²) in [5.41, 5.74) is 1.73. The van der Waals surface area contributed by atoms with Crippen molar-refractivity contribution in [2.45, 2.75) is 19.0 Å². The maximum atomic E-state index is 13.3. The molecule has 2 amide bonds. The first-order chi connectivity index (χ1) is 13.6. The number of urea groups is 1. The Morgan fingerprint density at radius 2 is 1.79 bits per heavy atom. The van der Waals surface area contributed by atoms with Crippen LogP contribution in [0.5, 0.6) is 11.5 Å². The molecule has 0 unspecified atom stereocenters. The van der Waals surface area contributed by atoms with Crippen molar-refractivity contribution in [2.24, 2.45) is 0 Å². The Bertz CT molecular complexity index is 960. The van der Waals surface area contributed by atoms with E-state index in [0.29, 0.717) is 11.5 Å². The Hall–Kier alpha value is -3.06. The van der Waals surface area contributed by atoms with Gasteiger partial charge in [0.2, 0.25) is 6.79 Å². The first kappa shape index (κ1) is 18.3. The van der Waals surface area contributed by atoms with E-state index >= 15 is 0 Å². The van der Waals surface area contributed by atoms with Gasteiger partial charge in [0.1, 0.15) is 5.82 Å². The van der Waals surface area contributed by atoms with Crippen molar-refractivity contribution in [3.05, 3.63) is 81.8 Å². The van der Waals surface area contributed by atoms with Gasteiger partial charge < -0.3 is 20.1 Å². The van der Waals surface area contributed by atoms with E-state index in [1.165, 1.54) is 23.5 Å². The molecule has 2 atom stereocenters. The highest BCUT2D eigenvalue weighted by Crippen LogP contribution is 2.34. The fraction of sp³-hybridized carbons (Fsp3) is 0.190. The second-order valence-electron chi connectivity index (χ2n) is 6.45. The molecule has 5 nitrogen and oxygen atoms in total. The third-order valence-electron chi connectivity index (χ3n) is 4.55. The number of rotatable bonds is 5. The van der Waals surface area contributed by atoms with Crippen molar-refractivity contribution in [1.82, 2.24) is 10.6 Å². The summed E-state index contributed by atoms with van der Waals surface area (Å²) in [6, 6.07) is 14.7. The van der Waals surface area contributed by atoms with Crippen LogP contribution < -0.4 is 20.1 Å². The third-order valence-corrected chi connectivity index (χ3v) is 5.49. The smallest absolute Gasteiger partial charge is 0.316 e. The normalized spacial score (nSPS) is 14.4. The van der Waals surface area contributed by atoms with Crippen LogP contribution in [0.15, 0.2) is 60.0 Å². The highest BCUT2D eigenvalue weighted by atomic mass is 32.1. The van der Waals surface area contributed by atoms with Gasteiger partial charge in [-0.2, -0.15) is 0 Å². The van der Waals surface area contributed by atoms with E-state index in [-0.39, 0.29) is 30.7 Å². The van der Waals surface area contributed by atoms with Crippen LogP contribution in [0, 0.1) is 5.82 Å². The minimum Gasteiger partial charge on any atom is -0.454 e. The molecule has 7 heteroatoms. The molecule has 0 radical (unpaired) electrons. The van der Waals surface area contributed by atoms with Crippen molar-refractivity contribution >= 4 is 17.4 Å². The van der Waals surface area contributed by atoms with E-state index in [1.807, 2.05) is 42.6 Å². The Morgan fingerprint density at radius 3 is 2.54 bits per heavy atom. The third kappa shape index (κ3) is 3.94. The van der Waals surface area contributed by atoms with Gasteiger partial charge in [0.25, 0.3) is 0 Å². The zero-order chi connectivity index (χ0) is 19.5. The second kappa shape index (κ2) is 7.90. The summed E-state index contributed by atoms with van der Waals surface area (Å²) >= 11 is 1.53. The molecule has 0 saturated heterocycles. The van der Waals surface area contributed by atoms with Crippen LogP contribution in [0.3, 0.4) is 0 Å². The van der Waals surface area contributed by atoms with Crippen LogP contribution in [0.25, 0.3) is 0 Å². The van der Waals surface area contributed by atoms with Gasteiger partial charge in [-0.25, -0.2) is 9.18 Å². The number of nitrogens with one attached hydrogen (secondary N) is 2. The van der Waals surface area contributed by atoms with Crippen molar-refractivity contribution in [2.75, 3.05) is 6.79 Å². The van der Waals surface area contributed by atoms with E-state index in [0.717, 1.165) is 16.0 Å². The number of amides is 2. The molecule has 0 aliphatic carbocycles. The summed E-state index contributed by atoms with van der Waals surface area (Å²) in [6.45, 7) is 2.11. The van der Waals surface area contributed by atoms with Crippen molar-refractivity contribution in [3.8, 4) is 11.5 Å². The number of thiophene rings is 1. The second-order valence-corrected chi connectivity index (χ2v) is 7.43. The van der Waals surface area contributed by atoms with Gasteiger partial charge in [-0.3, -0.25) is 0 Å². The highest BCUT2D eigenvalue weighted by Gasteiger charge is 2.20. The van der Waals surface area contributed by atoms with Crippen LogP contribution in [-0.4, -0.2) is 12.8 Å². The lowest BCUT2D eigenvalue weighted by Gasteiger charge is -2.21. The molecular formula is C21H19FN2O3S. The Morgan fingerprint density at radius 1 is 1.04 bits per heavy atom. The van der Waals surface area contributed by atoms with E-state index in [1.54, 1.807) is 12.1 Å². The van der Waals surface area contributed by atoms with Crippen LogP contribution in [0.2, 0.25) is 0 Å². The summed E-state index contributed by atoms with van der Waals surface area (Å²) in [7, 11) is 0. The zero-order valence-electron chi connectivity index (χ0n) is 15.1. The van der Waals surface area contributed by atoms with Gasteiger partial charge >= 0.3 is 6.03 Å². The Balaban J connectivity index is 1.47. The lowest BCUT2D eigenvalue weighted by atomic mass is 10.1. The monoisotopic (exact) mass is 398 g/mol. The number of carbonyl (C=O) groups is 1. The average Bonchev–Trinajstić information content (AvgIpc) is 3.38. The standard InChI is InChI=1S/C21H19FN2O3S/c1-13(15-6-9-17-18(11-15)27-12-26-17)23-21(25)24-20(19-3-2-10-28-19)14-4-7-16(22)8-5-14/h2-11,13,20H,12H2,1H3,(H2,23,24,25)/t13-,20+/m1/s1. The molecule has 4 rings (SSSR count). The van der Waals surface area contributed by atoms with Gasteiger partial charge in [0.05, 0.1) is 12.1 Å². The first-order valence-electron chi connectivity index (χ1n) is 8.85. The molecule has 1 aliphatic rings. The van der Waals surface area contributed by atoms with Gasteiger partial charge in [-0.15, -0.1) is 11.3 Å². The molecule has 144 valence electrons. The molecule has 0 saturated carbocycles. The summed E-state index contributed by atoms with van der Waals surface area (Å²) in [4.78, 5) is 13.6. The van der Waals surface area contributed by atoms with Crippen LogP contribution in [0.4, 0.5) is 9.18 Å². The molecular weight excluding hydrogens is 379 g/mol. The largest absolute Gasteiger partial charge is 0.454 e. The van der Waals surface area contributed by atoms with Gasteiger partial charge in [0.15, 0.2) is 11.5 Å². The molecule has 2 aromatic carbocycles. The maximum Gasteiger partial charge on any atom is 0.316 e. The van der Waals surface area contributed by atoms with E-state index in [9.17, 15) is 9.18 Å². The van der Waals surface area contributed by atoms with Gasteiger partial charge in [-0.1, -0.05) is 24.3 Å². The number of carbonyl (C=O) groups excluding carboxylic acids is 1. The SMILES string of the molecule is C[C@@H](NC(=O)N[C@@H](c1ccc(F)cc1)c1cccs1)c1ccc2c(c1)OCO2.